The molecule has 3 aromatic carbocycles. The molecule has 0 amide bonds. The number of aromatic nitrogens is 2. The van der Waals surface area contributed by atoms with Gasteiger partial charge in [-0.2, -0.15) is 0 Å². The molecule has 0 radical (unpaired) electrons. The predicted molar refractivity (Wildman–Crippen MR) is 122 cm³/mol. The van der Waals surface area contributed by atoms with Gasteiger partial charge in [-0.3, -0.25) is 4.79 Å². The number of halogens is 1. The fourth-order valence-electron chi connectivity index (χ4n) is 3.38. The lowest BCUT2D eigenvalue weighted by atomic mass is 10.0. The molecule has 0 bridgehead atoms. The maximum Gasteiger partial charge on any atom is 0.260 e. The number of hydrogen-bond donors (Lipinski definition) is 1. The normalized spacial score (nSPS) is 11.1. The van der Waals surface area contributed by atoms with Crippen LogP contribution in [0.1, 0.15) is 0 Å². The van der Waals surface area contributed by atoms with E-state index in [1.54, 1.807) is 12.1 Å². The van der Waals surface area contributed by atoms with Gasteiger partial charge in [0.15, 0.2) is 0 Å². The third-order valence-electron chi connectivity index (χ3n) is 4.86. The Kier molecular flexibility index (Phi) is 4.51. The lowest BCUT2D eigenvalue weighted by Crippen LogP contribution is -2.08. The van der Waals surface area contributed by atoms with Gasteiger partial charge in [0.05, 0.1) is 5.39 Å². The Morgan fingerprint density at radius 1 is 0.759 bits per heavy atom. The highest BCUT2D eigenvalue weighted by Gasteiger charge is 2.14. The van der Waals surface area contributed by atoms with E-state index in [4.69, 9.17) is 11.6 Å². The van der Waals surface area contributed by atoms with Crippen molar-refractivity contribution < 1.29 is 0 Å². The second kappa shape index (κ2) is 7.32. The SMILES string of the molecule is O=c1[nH]c(-c2ccc(Cl)cc2)nc2scc(-c3ccc(-c4ccccc4)cc3)c12. The average Bonchev–Trinajstić information content (AvgIpc) is 3.20. The molecular weight excluding hydrogens is 400 g/mol. The Hall–Kier alpha value is -3.21. The maximum absolute atomic E-state index is 12.9. The van der Waals surface area contributed by atoms with E-state index in [1.807, 2.05) is 35.7 Å². The van der Waals surface area contributed by atoms with Gasteiger partial charge < -0.3 is 4.98 Å². The molecule has 5 rings (SSSR count). The van der Waals surface area contributed by atoms with Crippen molar-refractivity contribution in [2.24, 2.45) is 0 Å². The van der Waals surface area contributed by atoms with Gasteiger partial charge in [0.1, 0.15) is 10.7 Å². The van der Waals surface area contributed by atoms with E-state index >= 15 is 0 Å². The second-order valence-corrected chi connectivity index (χ2v) is 7.99. The molecule has 29 heavy (non-hydrogen) atoms. The minimum atomic E-state index is -0.136. The molecule has 0 aliphatic rings. The van der Waals surface area contributed by atoms with E-state index in [2.05, 4.69) is 46.4 Å². The summed E-state index contributed by atoms with van der Waals surface area (Å²) < 4.78 is 0. The van der Waals surface area contributed by atoms with Gasteiger partial charge in [0.2, 0.25) is 0 Å². The van der Waals surface area contributed by atoms with Crippen LogP contribution in [0.15, 0.2) is 89.0 Å². The number of nitrogens with one attached hydrogen (secondary N) is 1. The van der Waals surface area contributed by atoms with Gasteiger partial charge in [-0.05, 0) is 41.0 Å². The van der Waals surface area contributed by atoms with Crippen molar-refractivity contribution in [2.75, 3.05) is 0 Å². The van der Waals surface area contributed by atoms with Crippen LogP contribution in [0.2, 0.25) is 5.02 Å². The number of hydrogen-bond acceptors (Lipinski definition) is 3. The van der Waals surface area contributed by atoms with Gasteiger partial charge in [0.25, 0.3) is 5.56 Å². The minimum absolute atomic E-state index is 0.136. The smallest absolute Gasteiger partial charge is 0.260 e. The number of rotatable bonds is 3. The summed E-state index contributed by atoms with van der Waals surface area (Å²) >= 11 is 7.43. The fourth-order valence-corrected chi connectivity index (χ4v) is 4.45. The average molecular weight is 415 g/mol. The van der Waals surface area contributed by atoms with Crippen molar-refractivity contribution in [1.29, 1.82) is 0 Å². The van der Waals surface area contributed by atoms with E-state index < -0.39 is 0 Å². The Morgan fingerprint density at radius 2 is 1.38 bits per heavy atom. The topological polar surface area (TPSA) is 45.8 Å². The second-order valence-electron chi connectivity index (χ2n) is 6.69. The van der Waals surface area contributed by atoms with Crippen molar-refractivity contribution in [2.45, 2.75) is 0 Å². The predicted octanol–water partition coefficient (Wildman–Crippen LogP) is 6.64. The lowest BCUT2D eigenvalue weighted by Gasteiger charge is -2.05. The van der Waals surface area contributed by atoms with Crippen molar-refractivity contribution in [3.05, 3.63) is 99.6 Å². The zero-order chi connectivity index (χ0) is 19.8. The molecule has 2 aromatic heterocycles. The number of benzene rings is 3. The summed E-state index contributed by atoms with van der Waals surface area (Å²) in [6.07, 6.45) is 0. The lowest BCUT2D eigenvalue weighted by molar-refractivity contribution is 1.19. The summed E-state index contributed by atoms with van der Waals surface area (Å²) in [5.74, 6) is 0.548. The first-order chi connectivity index (χ1) is 14.2. The Bertz CT molecular complexity index is 1350. The van der Waals surface area contributed by atoms with Crippen LogP contribution in [0.4, 0.5) is 0 Å². The van der Waals surface area contributed by atoms with Crippen LogP contribution in [0.5, 0.6) is 0 Å². The first kappa shape index (κ1) is 17.9. The molecular formula is C24H15ClN2OS. The van der Waals surface area contributed by atoms with Gasteiger partial charge in [-0.25, -0.2) is 4.98 Å². The molecule has 0 atom stereocenters. The van der Waals surface area contributed by atoms with Gasteiger partial charge in [0, 0.05) is 21.5 Å². The molecule has 0 unspecified atom stereocenters. The number of thiophene rings is 1. The third-order valence-corrected chi connectivity index (χ3v) is 5.99. The number of nitrogens with zero attached hydrogens (tertiary/aromatic N) is 1. The number of fused-ring (bicyclic) bond motifs is 1. The highest BCUT2D eigenvalue weighted by Crippen LogP contribution is 2.33. The molecule has 0 saturated carbocycles. The molecule has 5 heteroatoms. The van der Waals surface area contributed by atoms with E-state index in [1.165, 1.54) is 16.9 Å². The van der Waals surface area contributed by atoms with Crippen LogP contribution in [-0.4, -0.2) is 9.97 Å². The van der Waals surface area contributed by atoms with Crippen LogP contribution in [-0.2, 0) is 0 Å². The summed E-state index contributed by atoms with van der Waals surface area (Å²) in [5.41, 5.74) is 4.91. The van der Waals surface area contributed by atoms with Crippen LogP contribution < -0.4 is 5.56 Å². The van der Waals surface area contributed by atoms with Crippen LogP contribution in [0, 0.1) is 0 Å². The fraction of sp³-hybridized carbons (Fsp3) is 0. The minimum Gasteiger partial charge on any atom is -0.306 e. The van der Waals surface area contributed by atoms with Crippen LogP contribution in [0.25, 0.3) is 43.9 Å². The monoisotopic (exact) mass is 414 g/mol. The Labute approximate surface area is 176 Å². The molecule has 2 heterocycles. The molecule has 5 aromatic rings. The molecule has 0 saturated heterocycles. The Balaban J connectivity index is 1.56. The molecule has 3 nitrogen and oxygen atoms in total. The largest absolute Gasteiger partial charge is 0.306 e. The molecule has 140 valence electrons. The van der Waals surface area contributed by atoms with Crippen molar-refractivity contribution in [1.82, 2.24) is 9.97 Å². The summed E-state index contributed by atoms with van der Waals surface area (Å²) in [5, 5.41) is 3.27. The quantitative estimate of drug-likeness (QED) is 0.359. The molecule has 1 N–H and O–H groups in total. The molecule has 0 fully saturated rings. The highest BCUT2D eigenvalue weighted by atomic mass is 35.5. The van der Waals surface area contributed by atoms with Gasteiger partial charge >= 0.3 is 0 Å². The number of H-pyrrole nitrogens is 1. The van der Waals surface area contributed by atoms with E-state index in [9.17, 15) is 4.79 Å². The van der Waals surface area contributed by atoms with Crippen molar-refractivity contribution in [3.63, 3.8) is 0 Å². The summed E-state index contributed by atoms with van der Waals surface area (Å²) in [6, 6.07) is 25.8. The van der Waals surface area contributed by atoms with Crippen molar-refractivity contribution in [3.8, 4) is 33.6 Å². The summed E-state index contributed by atoms with van der Waals surface area (Å²) in [7, 11) is 0. The molecule has 0 aliphatic carbocycles. The summed E-state index contributed by atoms with van der Waals surface area (Å²) in [6.45, 7) is 0. The zero-order valence-electron chi connectivity index (χ0n) is 15.2. The van der Waals surface area contributed by atoms with E-state index in [0.29, 0.717) is 16.2 Å². The van der Waals surface area contributed by atoms with E-state index in [0.717, 1.165) is 27.1 Å². The first-order valence-electron chi connectivity index (χ1n) is 9.12. The standard InChI is InChI=1S/C24H15ClN2OS/c25-19-12-10-18(11-13-19)22-26-23(28)21-20(14-29-24(21)27-22)17-8-6-16(7-9-17)15-4-2-1-3-5-15/h1-14H,(H,26,27,28). The number of aromatic amines is 1. The van der Waals surface area contributed by atoms with Gasteiger partial charge in [-0.1, -0.05) is 66.2 Å². The zero-order valence-corrected chi connectivity index (χ0v) is 16.8. The highest BCUT2D eigenvalue weighted by molar-refractivity contribution is 7.17. The van der Waals surface area contributed by atoms with Crippen molar-refractivity contribution >= 4 is 33.2 Å². The van der Waals surface area contributed by atoms with Gasteiger partial charge in [-0.15, -0.1) is 11.3 Å². The first-order valence-corrected chi connectivity index (χ1v) is 10.4. The summed E-state index contributed by atoms with van der Waals surface area (Å²) in [4.78, 5) is 21.2. The Morgan fingerprint density at radius 3 is 2.10 bits per heavy atom. The third kappa shape index (κ3) is 3.37. The molecule has 0 aliphatic heterocycles. The molecule has 0 spiro atoms. The van der Waals surface area contributed by atoms with Crippen LogP contribution in [0.3, 0.4) is 0 Å². The maximum atomic E-state index is 12.9. The van der Waals surface area contributed by atoms with Crippen LogP contribution >= 0.6 is 22.9 Å². The van der Waals surface area contributed by atoms with E-state index in [-0.39, 0.29) is 5.56 Å².